The highest BCUT2D eigenvalue weighted by Crippen LogP contribution is 2.39. The first-order chi connectivity index (χ1) is 13.4. The maximum Gasteiger partial charge on any atom is 0.251 e. The van der Waals surface area contributed by atoms with Crippen LogP contribution in [0.25, 0.3) is 5.70 Å². The molecule has 1 amide bonds. The zero-order valence-corrected chi connectivity index (χ0v) is 16.8. The smallest absolute Gasteiger partial charge is 0.251 e. The Balaban J connectivity index is 1.84. The van der Waals surface area contributed by atoms with Crippen molar-refractivity contribution >= 4 is 23.2 Å². The Labute approximate surface area is 171 Å². The first kappa shape index (κ1) is 20.0. The van der Waals surface area contributed by atoms with Gasteiger partial charge in [0, 0.05) is 24.4 Å². The monoisotopic (exact) mass is 396 g/mol. The summed E-state index contributed by atoms with van der Waals surface area (Å²) in [6.45, 7) is 11.3. The summed E-state index contributed by atoms with van der Waals surface area (Å²) in [4.78, 5) is 14.5. The highest BCUT2D eigenvalue weighted by atomic mass is 35.5. The van der Waals surface area contributed by atoms with E-state index in [0.29, 0.717) is 17.1 Å². The minimum Gasteiger partial charge on any atom is -0.506 e. The predicted octanol–water partition coefficient (Wildman–Crippen LogP) is 5.08. The van der Waals surface area contributed by atoms with Gasteiger partial charge in [-0.05, 0) is 66.8 Å². The number of phenolic OH excluding ortho intramolecular Hbond substituents is 1. The second-order valence-corrected chi connectivity index (χ2v) is 7.44. The average molecular weight is 397 g/mol. The van der Waals surface area contributed by atoms with E-state index in [4.69, 9.17) is 11.6 Å². The van der Waals surface area contributed by atoms with Gasteiger partial charge in [-0.25, -0.2) is 0 Å². The Morgan fingerprint density at radius 3 is 2.75 bits per heavy atom. The molecule has 0 spiro atoms. The molecule has 146 valence electrons. The number of hydrogen-bond donors (Lipinski definition) is 2. The number of carbonyl (C=O) groups is 1. The third-order valence-corrected chi connectivity index (χ3v) is 5.48. The van der Waals surface area contributed by atoms with Gasteiger partial charge < -0.3 is 15.3 Å². The molecule has 1 heterocycles. The standard InChI is InChI=1S/C23H25ClN2O2/c1-4-11-25-23(28)18-7-9-19(15(2)13-18)21-6-5-12-26(21)16(3)17-8-10-22(27)20(24)14-17/h4,7-10,13-14,21,27H,1,3,5-6,11-12H2,2H3,(H,25,28). The van der Waals surface area contributed by atoms with E-state index in [1.54, 1.807) is 18.2 Å². The number of amides is 1. The maximum absolute atomic E-state index is 12.2. The van der Waals surface area contributed by atoms with Crippen molar-refractivity contribution < 1.29 is 9.90 Å². The van der Waals surface area contributed by atoms with E-state index >= 15 is 0 Å². The molecule has 28 heavy (non-hydrogen) atoms. The van der Waals surface area contributed by atoms with Gasteiger partial charge in [0.05, 0.1) is 11.1 Å². The normalized spacial score (nSPS) is 16.1. The van der Waals surface area contributed by atoms with Crippen LogP contribution < -0.4 is 5.32 Å². The van der Waals surface area contributed by atoms with Gasteiger partial charge in [0.1, 0.15) is 5.75 Å². The SMILES string of the molecule is C=CCNC(=O)c1ccc(C2CCCN2C(=C)c2ccc(O)c(Cl)c2)c(C)c1. The molecule has 1 saturated heterocycles. The quantitative estimate of drug-likeness (QED) is 0.669. The third kappa shape index (κ3) is 4.07. The molecule has 2 aromatic carbocycles. The van der Waals surface area contributed by atoms with E-state index in [9.17, 15) is 9.90 Å². The Hall–Kier alpha value is -2.72. The molecule has 1 aliphatic rings. The van der Waals surface area contributed by atoms with E-state index < -0.39 is 0 Å². The second kappa shape index (κ2) is 8.53. The third-order valence-electron chi connectivity index (χ3n) is 5.18. The van der Waals surface area contributed by atoms with Crippen LogP contribution in [0, 0.1) is 6.92 Å². The lowest BCUT2D eigenvalue weighted by Crippen LogP contribution is -2.24. The molecule has 0 radical (unpaired) electrons. The highest BCUT2D eigenvalue weighted by Gasteiger charge is 2.29. The molecule has 1 unspecified atom stereocenters. The van der Waals surface area contributed by atoms with Crippen molar-refractivity contribution in [3.63, 3.8) is 0 Å². The maximum atomic E-state index is 12.2. The van der Waals surface area contributed by atoms with Crippen molar-refractivity contribution in [1.29, 1.82) is 0 Å². The number of rotatable bonds is 6. The average Bonchev–Trinajstić information content (AvgIpc) is 3.17. The molecule has 0 aliphatic carbocycles. The largest absolute Gasteiger partial charge is 0.506 e. The van der Waals surface area contributed by atoms with E-state index in [1.807, 2.05) is 31.2 Å². The molecule has 2 aromatic rings. The van der Waals surface area contributed by atoms with Crippen LogP contribution in [0.1, 0.15) is 45.9 Å². The number of nitrogens with one attached hydrogen (secondary N) is 1. The number of benzene rings is 2. The first-order valence-electron chi connectivity index (χ1n) is 9.36. The van der Waals surface area contributed by atoms with E-state index in [0.717, 1.165) is 36.2 Å². The van der Waals surface area contributed by atoms with Crippen LogP contribution in [0.5, 0.6) is 5.75 Å². The summed E-state index contributed by atoms with van der Waals surface area (Å²) in [6.07, 6.45) is 3.75. The van der Waals surface area contributed by atoms with Crippen LogP contribution in [0.4, 0.5) is 0 Å². The molecule has 2 N–H and O–H groups in total. The van der Waals surface area contributed by atoms with Gasteiger partial charge in [0.25, 0.3) is 5.91 Å². The van der Waals surface area contributed by atoms with Crippen molar-refractivity contribution in [2.75, 3.05) is 13.1 Å². The van der Waals surface area contributed by atoms with E-state index in [2.05, 4.69) is 23.4 Å². The second-order valence-electron chi connectivity index (χ2n) is 7.03. The fourth-order valence-electron chi connectivity index (χ4n) is 3.72. The summed E-state index contributed by atoms with van der Waals surface area (Å²) in [5.41, 5.74) is 4.71. The Bertz CT molecular complexity index is 923. The van der Waals surface area contributed by atoms with Gasteiger partial charge >= 0.3 is 0 Å². The number of likely N-dealkylation sites (tertiary alicyclic amines) is 1. The van der Waals surface area contributed by atoms with Gasteiger partial charge in [0.15, 0.2) is 0 Å². The lowest BCUT2D eigenvalue weighted by Gasteiger charge is -2.30. The lowest BCUT2D eigenvalue weighted by molar-refractivity contribution is 0.0958. The first-order valence-corrected chi connectivity index (χ1v) is 9.74. The minimum absolute atomic E-state index is 0.0670. The molecule has 5 heteroatoms. The van der Waals surface area contributed by atoms with Crippen LogP contribution in [0.15, 0.2) is 55.6 Å². The van der Waals surface area contributed by atoms with Crippen LogP contribution in [0.3, 0.4) is 0 Å². The number of aromatic hydroxyl groups is 1. The van der Waals surface area contributed by atoms with Crippen molar-refractivity contribution in [1.82, 2.24) is 10.2 Å². The minimum atomic E-state index is -0.0963. The van der Waals surface area contributed by atoms with Crippen molar-refractivity contribution in [3.8, 4) is 5.75 Å². The van der Waals surface area contributed by atoms with Gasteiger partial charge in [0.2, 0.25) is 0 Å². The molecule has 0 saturated carbocycles. The lowest BCUT2D eigenvalue weighted by atomic mass is 9.96. The molecule has 1 fully saturated rings. The fourth-order valence-corrected chi connectivity index (χ4v) is 3.90. The van der Waals surface area contributed by atoms with Gasteiger partial charge in [-0.3, -0.25) is 4.79 Å². The highest BCUT2D eigenvalue weighted by molar-refractivity contribution is 6.32. The summed E-state index contributed by atoms with van der Waals surface area (Å²) >= 11 is 6.07. The van der Waals surface area contributed by atoms with Crippen LogP contribution in [0.2, 0.25) is 5.02 Å². The molecular formula is C23H25ClN2O2. The van der Waals surface area contributed by atoms with Crippen LogP contribution in [-0.4, -0.2) is 29.0 Å². The number of hydrogen-bond acceptors (Lipinski definition) is 3. The molecule has 1 aliphatic heterocycles. The van der Waals surface area contributed by atoms with Gasteiger partial charge in [-0.15, -0.1) is 6.58 Å². The Kier molecular flexibility index (Phi) is 6.10. The van der Waals surface area contributed by atoms with Crippen LogP contribution >= 0.6 is 11.6 Å². The predicted molar refractivity (Wildman–Crippen MR) is 115 cm³/mol. The van der Waals surface area contributed by atoms with E-state index in [1.165, 1.54) is 5.56 Å². The topological polar surface area (TPSA) is 52.6 Å². The molecule has 0 bridgehead atoms. The van der Waals surface area contributed by atoms with Gasteiger partial charge in [-0.2, -0.15) is 0 Å². The number of nitrogens with zero attached hydrogens (tertiary/aromatic N) is 1. The molecule has 0 aromatic heterocycles. The zero-order chi connectivity index (χ0) is 20.3. The van der Waals surface area contributed by atoms with Crippen molar-refractivity contribution in [2.24, 2.45) is 0 Å². The summed E-state index contributed by atoms with van der Waals surface area (Å²) in [7, 11) is 0. The number of halogens is 1. The van der Waals surface area contributed by atoms with E-state index in [-0.39, 0.29) is 17.7 Å². The Morgan fingerprint density at radius 2 is 2.07 bits per heavy atom. The van der Waals surface area contributed by atoms with Crippen molar-refractivity contribution in [3.05, 3.63) is 82.9 Å². The molecule has 3 rings (SSSR count). The van der Waals surface area contributed by atoms with Crippen molar-refractivity contribution in [2.45, 2.75) is 25.8 Å². The number of phenols is 1. The van der Waals surface area contributed by atoms with Gasteiger partial charge in [-0.1, -0.05) is 30.3 Å². The molecular weight excluding hydrogens is 372 g/mol. The summed E-state index contributed by atoms with van der Waals surface area (Å²) < 4.78 is 0. The number of aryl methyl sites for hydroxylation is 1. The Morgan fingerprint density at radius 1 is 1.32 bits per heavy atom. The molecule has 4 nitrogen and oxygen atoms in total. The summed E-state index contributed by atoms with van der Waals surface area (Å²) in [5.74, 6) is -0.0293. The summed E-state index contributed by atoms with van der Waals surface area (Å²) in [6, 6.07) is 11.2. The molecule has 1 atom stereocenters. The fraction of sp³-hybridized carbons (Fsp3) is 0.261. The zero-order valence-electron chi connectivity index (χ0n) is 16.0. The van der Waals surface area contributed by atoms with Crippen LogP contribution in [-0.2, 0) is 0 Å². The number of carbonyl (C=O) groups excluding carboxylic acids is 1. The summed E-state index contributed by atoms with van der Waals surface area (Å²) in [5, 5.41) is 12.8.